The van der Waals surface area contributed by atoms with Gasteiger partial charge in [0.2, 0.25) is 5.91 Å². The van der Waals surface area contributed by atoms with Gasteiger partial charge >= 0.3 is 0 Å². The van der Waals surface area contributed by atoms with E-state index in [2.05, 4.69) is 12.2 Å². The van der Waals surface area contributed by atoms with Crippen molar-refractivity contribution in [2.75, 3.05) is 0 Å². The third kappa shape index (κ3) is 0.533. The molecule has 1 amide bonds. The normalized spacial score (nSPS) is 47.7. The number of amides is 1. The summed E-state index contributed by atoms with van der Waals surface area (Å²) in [5, 5.41) is 2.94. The second-order valence-corrected chi connectivity index (χ2v) is 3.14. The minimum absolute atomic E-state index is 0.291. The van der Waals surface area contributed by atoms with E-state index in [-0.39, 0.29) is 0 Å². The van der Waals surface area contributed by atoms with Crippen LogP contribution >= 0.6 is 0 Å². The molecule has 0 aromatic carbocycles. The number of rotatable bonds is 0. The van der Waals surface area contributed by atoms with Crippen molar-refractivity contribution < 1.29 is 4.79 Å². The summed E-state index contributed by atoms with van der Waals surface area (Å²) in [4.78, 5) is 10.9. The van der Waals surface area contributed by atoms with Gasteiger partial charge in [0.05, 0.1) is 0 Å². The Kier molecular flexibility index (Phi) is 0.875. The quantitative estimate of drug-likeness (QED) is 0.502. The van der Waals surface area contributed by atoms with E-state index in [9.17, 15) is 4.79 Å². The maximum atomic E-state index is 10.9. The lowest BCUT2D eigenvalue weighted by Crippen LogP contribution is -2.29. The van der Waals surface area contributed by atoms with Crippen LogP contribution in [0.15, 0.2) is 0 Å². The van der Waals surface area contributed by atoms with Crippen molar-refractivity contribution in [1.29, 1.82) is 0 Å². The fourth-order valence-corrected chi connectivity index (χ4v) is 1.89. The molecule has 0 unspecified atom stereocenters. The molecule has 1 N–H and O–H groups in total. The molecule has 0 radical (unpaired) electrons. The van der Waals surface area contributed by atoms with Gasteiger partial charge in [-0.15, -0.1) is 0 Å². The average Bonchev–Trinajstić information content (AvgIpc) is 1.73. The lowest BCUT2D eigenvalue weighted by atomic mass is 9.73. The molecule has 9 heavy (non-hydrogen) atoms. The number of carbonyl (C=O) groups is 1. The van der Waals surface area contributed by atoms with Crippen LogP contribution in [0.25, 0.3) is 0 Å². The van der Waals surface area contributed by atoms with E-state index in [1.165, 1.54) is 6.42 Å². The molecule has 1 saturated carbocycles. The number of hydrogen-bond donors (Lipinski definition) is 1. The Bertz CT molecular complexity index is 155. The lowest BCUT2D eigenvalue weighted by Gasteiger charge is -2.29. The number of carbonyl (C=O) groups excluding carboxylic acids is 1. The first-order valence-electron chi connectivity index (χ1n) is 3.59. The van der Waals surface area contributed by atoms with Crippen molar-refractivity contribution in [2.45, 2.75) is 25.8 Å². The van der Waals surface area contributed by atoms with Gasteiger partial charge in [0.15, 0.2) is 0 Å². The molecule has 50 valence electrons. The zero-order valence-corrected chi connectivity index (χ0v) is 5.55. The van der Waals surface area contributed by atoms with Crippen LogP contribution in [0, 0.1) is 11.8 Å². The average molecular weight is 125 g/mol. The highest BCUT2D eigenvalue weighted by Gasteiger charge is 2.45. The molecule has 1 heterocycles. The Hall–Kier alpha value is -0.530. The van der Waals surface area contributed by atoms with Crippen molar-refractivity contribution in [2.24, 2.45) is 11.8 Å². The van der Waals surface area contributed by atoms with Crippen molar-refractivity contribution >= 4 is 5.91 Å². The highest BCUT2D eigenvalue weighted by Crippen LogP contribution is 2.40. The molecule has 1 aliphatic carbocycles. The van der Waals surface area contributed by atoms with Gasteiger partial charge in [-0.3, -0.25) is 4.79 Å². The Labute approximate surface area is 54.6 Å². The Morgan fingerprint density at radius 1 is 1.56 bits per heavy atom. The largest absolute Gasteiger partial charge is 0.353 e. The maximum Gasteiger partial charge on any atom is 0.223 e. The standard InChI is InChI=1S/C7H11NO/c1-4-5-2-3-6(5)7(9)8-4/h4-6H,2-3H2,1H3,(H,8,9)/t4-,5+,6+/m1/s1. The molecule has 0 aromatic heterocycles. The molecule has 1 aliphatic heterocycles. The zero-order valence-electron chi connectivity index (χ0n) is 5.55. The summed E-state index contributed by atoms with van der Waals surface area (Å²) in [5.74, 6) is 1.36. The first-order valence-corrected chi connectivity index (χ1v) is 3.59. The summed E-state index contributed by atoms with van der Waals surface area (Å²) in [7, 11) is 0. The summed E-state index contributed by atoms with van der Waals surface area (Å²) < 4.78 is 0. The third-order valence-corrected chi connectivity index (χ3v) is 2.68. The molecule has 2 heteroatoms. The van der Waals surface area contributed by atoms with Crippen LogP contribution in [0.1, 0.15) is 19.8 Å². The zero-order chi connectivity index (χ0) is 6.43. The van der Waals surface area contributed by atoms with Gasteiger partial charge in [-0.05, 0) is 25.7 Å². The van der Waals surface area contributed by atoms with E-state index in [1.807, 2.05) is 0 Å². The molecule has 0 aromatic rings. The van der Waals surface area contributed by atoms with Crippen LogP contribution in [-0.2, 0) is 4.79 Å². The Morgan fingerprint density at radius 2 is 2.33 bits per heavy atom. The minimum atomic E-state index is 0.291. The smallest absolute Gasteiger partial charge is 0.223 e. The van der Waals surface area contributed by atoms with Crippen LogP contribution < -0.4 is 5.32 Å². The van der Waals surface area contributed by atoms with Crippen molar-refractivity contribution in [3.8, 4) is 0 Å². The van der Waals surface area contributed by atoms with Gasteiger partial charge in [0.25, 0.3) is 0 Å². The molecule has 2 nitrogen and oxygen atoms in total. The van der Waals surface area contributed by atoms with Gasteiger partial charge < -0.3 is 5.32 Å². The van der Waals surface area contributed by atoms with Gasteiger partial charge in [-0.25, -0.2) is 0 Å². The lowest BCUT2D eigenvalue weighted by molar-refractivity contribution is -0.124. The minimum Gasteiger partial charge on any atom is -0.353 e. The molecular weight excluding hydrogens is 114 g/mol. The van der Waals surface area contributed by atoms with Gasteiger partial charge in [-0.1, -0.05) is 0 Å². The van der Waals surface area contributed by atoms with E-state index < -0.39 is 0 Å². The summed E-state index contributed by atoms with van der Waals surface area (Å²) in [5.41, 5.74) is 0. The Morgan fingerprint density at radius 3 is 2.56 bits per heavy atom. The van der Waals surface area contributed by atoms with Crippen molar-refractivity contribution in [3.63, 3.8) is 0 Å². The summed E-state index contributed by atoms with van der Waals surface area (Å²) in [6, 6.07) is 0.455. The van der Waals surface area contributed by atoms with Gasteiger partial charge in [0, 0.05) is 12.0 Å². The molecule has 1 saturated heterocycles. The van der Waals surface area contributed by atoms with Gasteiger partial charge in [0.1, 0.15) is 0 Å². The predicted molar refractivity (Wildman–Crippen MR) is 33.8 cm³/mol. The van der Waals surface area contributed by atoms with Crippen LogP contribution in [0.5, 0.6) is 0 Å². The molecule has 3 atom stereocenters. The van der Waals surface area contributed by atoms with E-state index in [0.717, 1.165) is 6.42 Å². The summed E-state index contributed by atoms with van der Waals surface area (Å²) in [6.45, 7) is 2.10. The molecular formula is C7H11NO. The predicted octanol–water partition coefficient (Wildman–Crippen LogP) is 0.531. The summed E-state index contributed by atoms with van der Waals surface area (Å²) >= 11 is 0. The first-order chi connectivity index (χ1) is 4.29. The van der Waals surface area contributed by atoms with E-state index in [0.29, 0.717) is 23.8 Å². The fraction of sp³-hybridized carbons (Fsp3) is 0.857. The third-order valence-electron chi connectivity index (χ3n) is 2.68. The number of nitrogens with one attached hydrogen (secondary N) is 1. The second-order valence-electron chi connectivity index (χ2n) is 3.14. The van der Waals surface area contributed by atoms with E-state index in [4.69, 9.17) is 0 Å². The highest BCUT2D eigenvalue weighted by molar-refractivity contribution is 5.82. The van der Waals surface area contributed by atoms with Crippen LogP contribution in [0.3, 0.4) is 0 Å². The molecule has 2 rings (SSSR count). The first kappa shape index (κ1) is 5.27. The second kappa shape index (κ2) is 1.49. The molecule has 0 spiro atoms. The highest BCUT2D eigenvalue weighted by atomic mass is 16.2. The molecule has 0 bridgehead atoms. The summed E-state index contributed by atoms with van der Waals surface area (Å²) in [6.07, 6.45) is 2.38. The van der Waals surface area contributed by atoms with Crippen LogP contribution in [0.2, 0.25) is 0 Å². The van der Waals surface area contributed by atoms with E-state index >= 15 is 0 Å². The molecule has 2 aliphatic rings. The van der Waals surface area contributed by atoms with Crippen molar-refractivity contribution in [1.82, 2.24) is 5.32 Å². The number of fused-ring (bicyclic) bond motifs is 1. The SMILES string of the molecule is C[C@H]1NC(=O)[C@H]2CC[C@H]21. The Balaban J connectivity index is 2.17. The number of hydrogen-bond acceptors (Lipinski definition) is 1. The van der Waals surface area contributed by atoms with Gasteiger partial charge in [-0.2, -0.15) is 0 Å². The van der Waals surface area contributed by atoms with Crippen LogP contribution in [0.4, 0.5) is 0 Å². The van der Waals surface area contributed by atoms with E-state index in [1.54, 1.807) is 0 Å². The molecule has 2 fully saturated rings. The van der Waals surface area contributed by atoms with Crippen molar-refractivity contribution in [3.05, 3.63) is 0 Å². The maximum absolute atomic E-state index is 10.9. The topological polar surface area (TPSA) is 29.1 Å². The monoisotopic (exact) mass is 125 g/mol. The fourth-order valence-electron chi connectivity index (χ4n) is 1.89. The van der Waals surface area contributed by atoms with Crippen LogP contribution in [-0.4, -0.2) is 11.9 Å².